The lowest BCUT2D eigenvalue weighted by molar-refractivity contribution is -0.132. The Kier molecular flexibility index (Phi) is 5.25. The third-order valence-corrected chi connectivity index (χ3v) is 5.12. The van der Waals surface area contributed by atoms with E-state index < -0.39 is 17.7 Å². The smallest absolute Gasteiger partial charge is 0.301 e. The standard InChI is InChI=1S/C23H17ClN2O4/c1-30-17-6-4-5-15(13-17)21(27)19-20(14-8-10-16(24)11-9-14)26(23(29)22(19)28)18-7-2-3-12-25-18/h2-13,20,27H,1H3/b21-19+/t20-/m1/s1. The molecular weight excluding hydrogens is 404 g/mol. The molecule has 1 aliphatic heterocycles. The van der Waals surface area contributed by atoms with Crippen LogP contribution in [-0.4, -0.2) is 28.9 Å². The van der Waals surface area contributed by atoms with Gasteiger partial charge in [-0.15, -0.1) is 0 Å². The Balaban J connectivity index is 1.94. The number of hydrogen-bond acceptors (Lipinski definition) is 5. The van der Waals surface area contributed by atoms with Gasteiger partial charge < -0.3 is 9.84 Å². The van der Waals surface area contributed by atoms with Crippen molar-refractivity contribution in [1.82, 2.24) is 4.98 Å². The van der Waals surface area contributed by atoms with Crippen LogP contribution in [0.3, 0.4) is 0 Å². The summed E-state index contributed by atoms with van der Waals surface area (Å²) in [6.45, 7) is 0. The Morgan fingerprint density at radius 3 is 2.50 bits per heavy atom. The van der Waals surface area contributed by atoms with Gasteiger partial charge in [-0.2, -0.15) is 0 Å². The van der Waals surface area contributed by atoms with Crippen LogP contribution < -0.4 is 9.64 Å². The lowest BCUT2D eigenvalue weighted by atomic mass is 9.95. The van der Waals surface area contributed by atoms with E-state index in [-0.39, 0.29) is 11.3 Å². The predicted molar refractivity (Wildman–Crippen MR) is 113 cm³/mol. The van der Waals surface area contributed by atoms with E-state index in [9.17, 15) is 14.7 Å². The molecule has 0 radical (unpaired) electrons. The number of carbonyl (C=O) groups is 2. The molecule has 0 aliphatic carbocycles. The monoisotopic (exact) mass is 420 g/mol. The molecule has 0 spiro atoms. The highest BCUT2D eigenvalue weighted by molar-refractivity contribution is 6.51. The molecule has 30 heavy (non-hydrogen) atoms. The number of ether oxygens (including phenoxy) is 1. The highest BCUT2D eigenvalue weighted by Gasteiger charge is 2.47. The molecule has 7 heteroatoms. The minimum absolute atomic E-state index is 0.0266. The lowest BCUT2D eigenvalue weighted by Crippen LogP contribution is -2.30. The van der Waals surface area contributed by atoms with Crippen LogP contribution in [0.5, 0.6) is 5.75 Å². The highest BCUT2D eigenvalue weighted by atomic mass is 35.5. The van der Waals surface area contributed by atoms with Gasteiger partial charge >= 0.3 is 5.91 Å². The first-order valence-corrected chi connectivity index (χ1v) is 9.51. The number of amides is 1. The fraction of sp³-hybridized carbons (Fsp3) is 0.0870. The first-order valence-electron chi connectivity index (χ1n) is 9.13. The fourth-order valence-electron chi connectivity index (χ4n) is 3.45. The average Bonchev–Trinajstić information content (AvgIpc) is 3.05. The Morgan fingerprint density at radius 2 is 1.83 bits per heavy atom. The molecule has 3 aromatic rings. The predicted octanol–water partition coefficient (Wildman–Crippen LogP) is 4.37. The number of nitrogens with zero attached hydrogens (tertiary/aromatic N) is 2. The van der Waals surface area contributed by atoms with Crippen LogP contribution in [0, 0.1) is 0 Å². The molecule has 1 N–H and O–H groups in total. The molecule has 0 unspecified atom stereocenters. The van der Waals surface area contributed by atoms with E-state index in [2.05, 4.69) is 4.98 Å². The van der Waals surface area contributed by atoms with Crippen molar-refractivity contribution in [1.29, 1.82) is 0 Å². The number of hydrogen-bond donors (Lipinski definition) is 1. The van der Waals surface area contributed by atoms with E-state index in [4.69, 9.17) is 16.3 Å². The third-order valence-electron chi connectivity index (χ3n) is 4.87. The zero-order chi connectivity index (χ0) is 21.3. The molecule has 2 heterocycles. The largest absolute Gasteiger partial charge is 0.507 e. The summed E-state index contributed by atoms with van der Waals surface area (Å²) >= 11 is 6.02. The maximum Gasteiger partial charge on any atom is 0.301 e. The number of halogens is 1. The van der Waals surface area contributed by atoms with Crippen molar-refractivity contribution in [3.05, 3.63) is 94.6 Å². The molecule has 1 amide bonds. The minimum atomic E-state index is -0.858. The number of Topliss-reactive ketones (excluding diaryl/α,β-unsaturated/α-hetero) is 1. The van der Waals surface area contributed by atoms with Gasteiger partial charge in [0.2, 0.25) is 0 Å². The SMILES string of the molecule is COc1cccc(/C(O)=C2\C(=O)C(=O)N(c3ccccn3)[C@@H]2c2ccc(Cl)cc2)c1. The number of aromatic nitrogens is 1. The number of methoxy groups -OCH3 is 1. The van der Waals surface area contributed by atoms with Gasteiger partial charge in [0.1, 0.15) is 17.3 Å². The van der Waals surface area contributed by atoms with Crippen LogP contribution in [0.2, 0.25) is 5.02 Å². The number of anilines is 1. The van der Waals surface area contributed by atoms with E-state index in [1.807, 2.05) is 0 Å². The number of rotatable bonds is 4. The second-order valence-corrected chi connectivity index (χ2v) is 7.08. The van der Waals surface area contributed by atoms with Crippen LogP contribution >= 0.6 is 11.6 Å². The molecular formula is C23H17ClN2O4. The number of aliphatic hydroxyl groups is 1. The number of carbonyl (C=O) groups excluding carboxylic acids is 2. The molecule has 1 atom stereocenters. The van der Waals surface area contributed by atoms with E-state index in [1.165, 1.54) is 18.2 Å². The Morgan fingerprint density at radius 1 is 1.07 bits per heavy atom. The summed E-state index contributed by atoms with van der Waals surface area (Å²) in [5.41, 5.74) is 0.960. The van der Waals surface area contributed by atoms with E-state index in [0.29, 0.717) is 27.7 Å². The maximum atomic E-state index is 13.0. The van der Waals surface area contributed by atoms with Gasteiger partial charge in [-0.1, -0.05) is 41.9 Å². The minimum Gasteiger partial charge on any atom is -0.507 e. The number of aliphatic hydroxyl groups excluding tert-OH is 1. The normalized spacial score (nSPS) is 17.9. The third kappa shape index (κ3) is 3.42. The molecule has 2 aromatic carbocycles. The number of benzene rings is 2. The zero-order valence-corrected chi connectivity index (χ0v) is 16.7. The van der Waals surface area contributed by atoms with Crippen LogP contribution in [0.15, 0.2) is 78.5 Å². The molecule has 1 fully saturated rings. The summed E-state index contributed by atoms with van der Waals surface area (Å²) < 4.78 is 5.21. The van der Waals surface area contributed by atoms with Crippen molar-refractivity contribution in [2.45, 2.75) is 6.04 Å². The lowest BCUT2D eigenvalue weighted by Gasteiger charge is -2.24. The molecule has 1 aromatic heterocycles. The van der Waals surface area contributed by atoms with E-state index >= 15 is 0 Å². The number of pyridine rings is 1. The summed E-state index contributed by atoms with van der Waals surface area (Å²) in [6, 6.07) is 17.6. The van der Waals surface area contributed by atoms with E-state index in [1.54, 1.807) is 66.7 Å². The second-order valence-electron chi connectivity index (χ2n) is 6.64. The quantitative estimate of drug-likeness (QED) is 0.385. The van der Waals surface area contributed by atoms with Gasteiger partial charge in [-0.05, 0) is 42.0 Å². The average molecular weight is 421 g/mol. The van der Waals surface area contributed by atoms with Gasteiger partial charge in [0.05, 0.1) is 18.7 Å². The van der Waals surface area contributed by atoms with Crippen molar-refractivity contribution < 1.29 is 19.4 Å². The van der Waals surface area contributed by atoms with Gasteiger partial charge in [0.25, 0.3) is 5.78 Å². The van der Waals surface area contributed by atoms with Crippen LogP contribution in [0.1, 0.15) is 17.2 Å². The van der Waals surface area contributed by atoms with Crippen LogP contribution in [0.4, 0.5) is 5.82 Å². The van der Waals surface area contributed by atoms with E-state index in [0.717, 1.165) is 0 Å². The van der Waals surface area contributed by atoms with Crippen molar-refractivity contribution in [2.75, 3.05) is 12.0 Å². The maximum absolute atomic E-state index is 13.0. The molecule has 150 valence electrons. The molecule has 4 rings (SSSR count). The molecule has 0 saturated carbocycles. The van der Waals surface area contributed by atoms with Crippen molar-refractivity contribution in [2.24, 2.45) is 0 Å². The van der Waals surface area contributed by atoms with Crippen molar-refractivity contribution in [3.63, 3.8) is 0 Å². The second kappa shape index (κ2) is 8.00. The fourth-order valence-corrected chi connectivity index (χ4v) is 3.58. The topological polar surface area (TPSA) is 79.7 Å². The van der Waals surface area contributed by atoms with Crippen molar-refractivity contribution >= 4 is 34.9 Å². The Hall–Kier alpha value is -3.64. The summed E-state index contributed by atoms with van der Waals surface area (Å²) in [7, 11) is 1.51. The van der Waals surface area contributed by atoms with Gasteiger partial charge in [-0.25, -0.2) is 4.98 Å². The molecule has 0 bridgehead atoms. The molecule has 1 saturated heterocycles. The first kappa shape index (κ1) is 19.7. The van der Waals surface area contributed by atoms with Crippen LogP contribution in [-0.2, 0) is 9.59 Å². The summed E-state index contributed by atoms with van der Waals surface area (Å²) in [5, 5.41) is 11.6. The Labute approximate surface area is 178 Å². The highest BCUT2D eigenvalue weighted by Crippen LogP contribution is 2.41. The zero-order valence-electron chi connectivity index (χ0n) is 15.9. The first-order chi connectivity index (χ1) is 14.5. The summed E-state index contributed by atoms with van der Waals surface area (Å²) in [6.07, 6.45) is 1.54. The molecule has 6 nitrogen and oxygen atoms in total. The summed E-state index contributed by atoms with van der Waals surface area (Å²) in [5.74, 6) is -1.02. The van der Waals surface area contributed by atoms with Crippen LogP contribution in [0.25, 0.3) is 5.76 Å². The van der Waals surface area contributed by atoms with Gasteiger partial charge in [0, 0.05) is 16.8 Å². The van der Waals surface area contributed by atoms with Crippen molar-refractivity contribution in [3.8, 4) is 5.75 Å². The van der Waals surface area contributed by atoms with Gasteiger partial charge in [0.15, 0.2) is 0 Å². The van der Waals surface area contributed by atoms with Gasteiger partial charge in [-0.3, -0.25) is 14.5 Å². The molecule has 1 aliphatic rings. The number of ketones is 1. The summed E-state index contributed by atoms with van der Waals surface area (Å²) in [4.78, 5) is 31.5. The Bertz CT molecular complexity index is 1140.